The molecule has 106 valence electrons. The molecule has 0 radical (unpaired) electrons. The van der Waals surface area contributed by atoms with E-state index in [1.54, 1.807) is 17.7 Å². The number of thiophene rings is 1. The maximum absolute atomic E-state index is 4.49. The molecule has 0 aliphatic heterocycles. The molecule has 1 saturated carbocycles. The van der Waals surface area contributed by atoms with Gasteiger partial charge in [-0.2, -0.15) is 11.3 Å². The monoisotopic (exact) mass is 352 g/mol. The summed E-state index contributed by atoms with van der Waals surface area (Å²) < 4.78 is 0.962. The van der Waals surface area contributed by atoms with Crippen molar-refractivity contribution < 1.29 is 0 Å². The van der Waals surface area contributed by atoms with Gasteiger partial charge >= 0.3 is 0 Å². The Bertz CT molecular complexity index is 569. The van der Waals surface area contributed by atoms with E-state index in [0.717, 1.165) is 29.2 Å². The molecule has 0 saturated heterocycles. The molecule has 0 spiro atoms. The number of hydrogen-bond donors (Lipinski definition) is 1. The fourth-order valence-corrected chi connectivity index (χ4v) is 3.43. The van der Waals surface area contributed by atoms with Gasteiger partial charge in [-0.15, -0.1) is 0 Å². The summed E-state index contributed by atoms with van der Waals surface area (Å²) in [6, 6.07) is 2.79. The van der Waals surface area contributed by atoms with Crippen molar-refractivity contribution in [3.63, 3.8) is 0 Å². The Morgan fingerprint density at radius 1 is 1.45 bits per heavy atom. The average molecular weight is 353 g/mol. The Morgan fingerprint density at radius 3 is 2.95 bits per heavy atom. The summed E-state index contributed by atoms with van der Waals surface area (Å²) >= 11 is 5.40. The quantitative estimate of drug-likeness (QED) is 0.855. The first-order chi connectivity index (χ1) is 9.79. The fourth-order valence-electron chi connectivity index (χ4n) is 2.19. The van der Waals surface area contributed by atoms with Crippen molar-refractivity contribution in [1.29, 1.82) is 0 Å². The highest BCUT2D eigenvalue weighted by Gasteiger charge is 2.31. The molecule has 0 amide bonds. The van der Waals surface area contributed by atoms with Gasteiger partial charge in [0.25, 0.3) is 0 Å². The van der Waals surface area contributed by atoms with Gasteiger partial charge in [-0.25, -0.2) is 9.97 Å². The first-order valence-corrected chi connectivity index (χ1v) is 8.55. The minimum Gasteiger partial charge on any atom is -0.369 e. The van der Waals surface area contributed by atoms with E-state index < -0.39 is 0 Å². The Morgan fingerprint density at radius 2 is 2.30 bits per heavy atom. The first-order valence-electron chi connectivity index (χ1n) is 6.81. The van der Waals surface area contributed by atoms with Crippen LogP contribution in [0, 0.1) is 0 Å². The normalized spacial score (nSPS) is 14.3. The Balaban J connectivity index is 1.89. The predicted octanol–water partition coefficient (Wildman–Crippen LogP) is 3.90. The molecule has 2 aromatic heterocycles. The van der Waals surface area contributed by atoms with Crippen LogP contribution in [0.3, 0.4) is 0 Å². The molecule has 1 N–H and O–H groups in total. The van der Waals surface area contributed by atoms with Crippen molar-refractivity contribution in [3.05, 3.63) is 33.2 Å². The maximum Gasteiger partial charge on any atom is 0.149 e. The molecule has 2 aromatic rings. The number of rotatable bonds is 6. The van der Waals surface area contributed by atoms with E-state index >= 15 is 0 Å². The van der Waals surface area contributed by atoms with Crippen LogP contribution in [0.1, 0.15) is 25.3 Å². The largest absolute Gasteiger partial charge is 0.369 e. The van der Waals surface area contributed by atoms with Crippen LogP contribution >= 0.6 is 27.3 Å². The van der Waals surface area contributed by atoms with Gasteiger partial charge in [-0.3, -0.25) is 0 Å². The second-order valence-corrected chi connectivity index (χ2v) is 6.45. The molecule has 0 atom stereocenters. The first kappa shape index (κ1) is 13.8. The van der Waals surface area contributed by atoms with Gasteiger partial charge in [0.05, 0.1) is 0 Å². The summed E-state index contributed by atoms with van der Waals surface area (Å²) in [6.07, 6.45) is 4.13. The molecule has 3 rings (SSSR count). The van der Waals surface area contributed by atoms with E-state index in [1.165, 1.54) is 18.4 Å². The van der Waals surface area contributed by atoms with Gasteiger partial charge in [0.15, 0.2) is 0 Å². The number of anilines is 2. The number of halogens is 1. The molecule has 1 fully saturated rings. The zero-order valence-electron chi connectivity index (χ0n) is 11.3. The molecule has 0 unspecified atom stereocenters. The van der Waals surface area contributed by atoms with Gasteiger partial charge in [-0.05, 0) is 58.1 Å². The Kier molecular flexibility index (Phi) is 4.21. The number of nitrogens with one attached hydrogen (secondary N) is 1. The summed E-state index contributed by atoms with van der Waals surface area (Å²) in [4.78, 5) is 11.2. The Labute approximate surface area is 131 Å². The summed E-state index contributed by atoms with van der Waals surface area (Å²) in [5.74, 6) is 1.86. The number of hydrogen-bond acceptors (Lipinski definition) is 5. The van der Waals surface area contributed by atoms with Gasteiger partial charge in [0.2, 0.25) is 0 Å². The van der Waals surface area contributed by atoms with Crippen molar-refractivity contribution in [3.8, 4) is 0 Å². The lowest BCUT2D eigenvalue weighted by molar-refractivity contribution is 0.774. The smallest absolute Gasteiger partial charge is 0.149 e. The molecule has 1 aliphatic rings. The molecular formula is C14H17BrN4S. The zero-order valence-corrected chi connectivity index (χ0v) is 13.7. The lowest BCUT2D eigenvalue weighted by Gasteiger charge is -2.24. The van der Waals surface area contributed by atoms with Crippen molar-refractivity contribution in [2.75, 3.05) is 16.8 Å². The van der Waals surface area contributed by atoms with Crippen molar-refractivity contribution in [2.45, 2.75) is 32.4 Å². The second kappa shape index (κ2) is 6.10. The predicted molar refractivity (Wildman–Crippen MR) is 87.4 cm³/mol. The van der Waals surface area contributed by atoms with E-state index in [4.69, 9.17) is 0 Å². The third kappa shape index (κ3) is 2.96. The minimum atomic E-state index is 0.607. The number of aromatic nitrogens is 2. The van der Waals surface area contributed by atoms with Gasteiger partial charge < -0.3 is 10.2 Å². The molecule has 1 aliphatic carbocycles. The van der Waals surface area contributed by atoms with Crippen molar-refractivity contribution in [2.24, 2.45) is 0 Å². The summed E-state index contributed by atoms with van der Waals surface area (Å²) in [5.41, 5.74) is 1.34. The molecule has 0 bridgehead atoms. The van der Waals surface area contributed by atoms with Crippen LogP contribution in [-0.2, 0) is 6.54 Å². The standard InChI is InChI=1S/C14H17BrN4S/c1-2-16-13-12(15)14(18-9-17-13)19(11-3-4-11)7-10-5-6-20-8-10/h5-6,8-9,11H,2-4,7H2,1H3,(H,16,17,18). The van der Waals surface area contributed by atoms with Gasteiger partial charge in [0.1, 0.15) is 22.4 Å². The van der Waals surface area contributed by atoms with E-state index in [0.29, 0.717) is 6.04 Å². The van der Waals surface area contributed by atoms with Gasteiger partial charge in [-0.1, -0.05) is 0 Å². The average Bonchev–Trinajstić information content (AvgIpc) is 3.16. The molecular weight excluding hydrogens is 336 g/mol. The lowest BCUT2D eigenvalue weighted by atomic mass is 10.3. The second-order valence-electron chi connectivity index (χ2n) is 4.88. The van der Waals surface area contributed by atoms with Crippen molar-refractivity contribution in [1.82, 2.24) is 9.97 Å². The highest BCUT2D eigenvalue weighted by Crippen LogP contribution is 2.37. The highest BCUT2D eigenvalue weighted by molar-refractivity contribution is 9.10. The lowest BCUT2D eigenvalue weighted by Crippen LogP contribution is -2.26. The summed E-state index contributed by atoms with van der Waals surface area (Å²) in [6.45, 7) is 3.83. The number of nitrogens with zero attached hydrogens (tertiary/aromatic N) is 3. The SMILES string of the molecule is CCNc1ncnc(N(Cc2ccsc2)C2CC2)c1Br. The van der Waals surface area contributed by atoms with Crippen LogP contribution in [0.15, 0.2) is 27.6 Å². The molecule has 4 nitrogen and oxygen atoms in total. The topological polar surface area (TPSA) is 41.1 Å². The van der Waals surface area contributed by atoms with E-state index in [-0.39, 0.29) is 0 Å². The maximum atomic E-state index is 4.49. The molecule has 20 heavy (non-hydrogen) atoms. The summed E-state index contributed by atoms with van der Waals surface area (Å²) in [5, 5.41) is 7.60. The van der Waals surface area contributed by atoms with E-state index in [1.807, 2.05) is 0 Å². The molecule has 0 aromatic carbocycles. The van der Waals surface area contributed by atoms with Gasteiger partial charge in [0, 0.05) is 19.1 Å². The minimum absolute atomic E-state index is 0.607. The van der Waals surface area contributed by atoms with Crippen LogP contribution in [0.2, 0.25) is 0 Å². The van der Waals surface area contributed by atoms with E-state index in [9.17, 15) is 0 Å². The fraction of sp³-hybridized carbons (Fsp3) is 0.429. The van der Waals surface area contributed by atoms with E-state index in [2.05, 4.69) is 59.9 Å². The molecule has 2 heterocycles. The van der Waals surface area contributed by atoms with Crippen molar-refractivity contribution >= 4 is 38.9 Å². The molecule has 6 heteroatoms. The van der Waals surface area contributed by atoms with Crippen LogP contribution in [-0.4, -0.2) is 22.6 Å². The zero-order chi connectivity index (χ0) is 13.9. The highest BCUT2D eigenvalue weighted by atomic mass is 79.9. The van der Waals surface area contributed by atoms with Crippen LogP contribution in [0.25, 0.3) is 0 Å². The third-order valence-corrected chi connectivity index (χ3v) is 4.77. The van der Waals surface area contributed by atoms with Crippen LogP contribution in [0.5, 0.6) is 0 Å². The van der Waals surface area contributed by atoms with Crippen LogP contribution in [0.4, 0.5) is 11.6 Å². The Hall–Kier alpha value is -1.14. The third-order valence-electron chi connectivity index (χ3n) is 3.31. The van der Waals surface area contributed by atoms with Crippen LogP contribution < -0.4 is 10.2 Å². The summed E-state index contributed by atoms with van der Waals surface area (Å²) in [7, 11) is 0.